The van der Waals surface area contributed by atoms with Gasteiger partial charge in [-0.25, -0.2) is 4.79 Å². The molecule has 2 aromatic carbocycles. The van der Waals surface area contributed by atoms with Crippen molar-refractivity contribution in [3.63, 3.8) is 0 Å². The third-order valence-corrected chi connectivity index (χ3v) is 7.76. The molecule has 7 nitrogen and oxygen atoms in total. The number of hydrogen-bond donors (Lipinski definition) is 0. The van der Waals surface area contributed by atoms with Crippen molar-refractivity contribution in [2.24, 2.45) is 0 Å². The van der Waals surface area contributed by atoms with Crippen LogP contribution >= 0.6 is 0 Å². The monoisotopic (exact) mass is 520 g/mol. The number of hydrogen-bond acceptors (Lipinski definition) is 5. The fraction of sp³-hybridized carbons (Fsp3) is 0.548. The van der Waals surface area contributed by atoms with Crippen LogP contribution in [0.2, 0.25) is 0 Å². The Hall–Kier alpha value is -2.90. The van der Waals surface area contributed by atoms with E-state index in [0.717, 1.165) is 51.3 Å². The number of rotatable bonds is 7. The molecule has 206 valence electrons. The minimum Gasteiger partial charge on any atom is -0.444 e. The van der Waals surface area contributed by atoms with Crippen LogP contribution in [0.3, 0.4) is 0 Å². The topological polar surface area (TPSA) is 56.3 Å². The third kappa shape index (κ3) is 7.14. The molecular weight excluding hydrogens is 476 g/mol. The van der Waals surface area contributed by atoms with Crippen molar-refractivity contribution in [1.29, 1.82) is 0 Å². The summed E-state index contributed by atoms with van der Waals surface area (Å²) in [6, 6.07) is 20.7. The van der Waals surface area contributed by atoms with Crippen LogP contribution in [-0.2, 0) is 16.1 Å². The summed E-state index contributed by atoms with van der Waals surface area (Å²) in [5.74, 6) is 0.132. The first-order valence-electron chi connectivity index (χ1n) is 14.0. The van der Waals surface area contributed by atoms with Gasteiger partial charge in [-0.3, -0.25) is 14.6 Å². The van der Waals surface area contributed by atoms with Gasteiger partial charge in [-0.2, -0.15) is 0 Å². The van der Waals surface area contributed by atoms with Crippen LogP contribution in [0.5, 0.6) is 0 Å². The molecule has 0 N–H and O–H groups in total. The largest absolute Gasteiger partial charge is 0.444 e. The highest BCUT2D eigenvalue weighted by Gasteiger charge is 2.44. The average molecular weight is 521 g/mol. The molecule has 2 aliphatic rings. The minimum absolute atomic E-state index is 0.132. The fourth-order valence-electron chi connectivity index (χ4n) is 5.64. The van der Waals surface area contributed by atoms with Crippen LogP contribution in [0.1, 0.15) is 52.5 Å². The Morgan fingerprint density at radius 2 is 1.45 bits per heavy atom. The molecule has 2 amide bonds. The molecule has 2 aromatic rings. The summed E-state index contributed by atoms with van der Waals surface area (Å²) in [6.07, 6.45) is 1.83. The van der Waals surface area contributed by atoms with Crippen LogP contribution < -0.4 is 4.90 Å². The normalized spacial score (nSPS) is 18.7. The Balaban J connectivity index is 1.52. The maximum Gasteiger partial charge on any atom is 0.410 e. The van der Waals surface area contributed by atoms with Crippen LogP contribution in [-0.4, -0.2) is 83.7 Å². The first-order chi connectivity index (χ1) is 18.2. The van der Waals surface area contributed by atoms with Crippen LogP contribution in [0.25, 0.3) is 0 Å². The number of carbonyl (C=O) groups excluding carboxylic acids is 2. The Morgan fingerprint density at radius 3 is 2.00 bits per heavy atom. The highest BCUT2D eigenvalue weighted by atomic mass is 16.6. The van der Waals surface area contributed by atoms with Crippen molar-refractivity contribution < 1.29 is 14.3 Å². The molecule has 4 rings (SSSR count). The summed E-state index contributed by atoms with van der Waals surface area (Å²) >= 11 is 0. The molecule has 0 spiro atoms. The number of carbonyl (C=O) groups is 2. The Kier molecular flexibility index (Phi) is 9.11. The van der Waals surface area contributed by atoms with Crippen molar-refractivity contribution in [1.82, 2.24) is 14.7 Å². The maximum absolute atomic E-state index is 13.2. The average Bonchev–Trinajstić information content (AvgIpc) is 2.92. The Bertz CT molecular complexity index is 1040. The summed E-state index contributed by atoms with van der Waals surface area (Å²) in [4.78, 5) is 35.0. The summed E-state index contributed by atoms with van der Waals surface area (Å²) in [6.45, 7) is 14.3. The molecular formula is C31H44N4O3. The van der Waals surface area contributed by atoms with Gasteiger partial charge >= 0.3 is 6.09 Å². The van der Waals surface area contributed by atoms with Gasteiger partial charge in [0.1, 0.15) is 5.60 Å². The molecule has 0 aliphatic carbocycles. The SMILES string of the molecule is CCC(=O)N(CC1(N2CCN(Cc3ccccc3)CC2)CCN(C(=O)OC(C)(C)C)CC1)c1ccccc1. The van der Waals surface area contributed by atoms with Crippen LogP contribution in [0.4, 0.5) is 10.5 Å². The number of anilines is 1. The van der Waals surface area contributed by atoms with Gasteiger partial charge in [0.15, 0.2) is 0 Å². The number of para-hydroxylation sites is 1. The van der Waals surface area contributed by atoms with Crippen molar-refractivity contribution in [2.75, 3.05) is 50.7 Å². The van der Waals surface area contributed by atoms with E-state index in [-0.39, 0.29) is 17.5 Å². The summed E-state index contributed by atoms with van der Waals surface area (Å²) < 4.78 is 5.67. The minimum atomic E-state index is -0.516. The molecule has 2 aliphatic heterocycles. The lowest BCUT2D eigenvalue weighted by Gasteiger charge is -2.53. The van der Waals surface area contributed by atoms with Crippen LogP contribution in [0.15, 0.2) is 60.7 Å². The van der Waals surface area contributed by atoms with Gasteiger partial charge in [0.2, 0.25) is 5.91 Å². The third-order valence-electron chi connectivity index (χ3n) is 7.76. The van der Waals surface area contributed by atoms with Crippen molar-refractivity contribution in [3.05, 3.63) is 66.2 Å². The fourth-order valence-corrected chi connectivity index (χ4v) is 5.64. The van der Waals surface area contributed by atoms with Crippen molar-refractivity contribution in [3.8, 4) is 0 Å². The molecule has 7 heteroatoms. The summed E-state index contributed by atoms with van der Waals surface area (Å²) in [5.41, 5.74) is 1.57. The summed E-state index contributed by atoms with van der Waals surface area (Å²) in [5, 5.41) is 0. The van der Waals surface area contributed by atoms with E-state index in [4.69, 9.17) is 4.74 Å². The molecule has 38 heavy (non-hydrogen) atoms. The molecule has 2 fully saturated rings. The smallest absolute Gasteiger partial charge is 0.410 e. The lowest BCUT2D eigenvalue weighted by molar-refractivity contribution is -0.119. The number of piperazine rings is 1. The molecule has 2 heterocycles. The Labute approximate surface area is 228 Å². The molecule has 0 radical (unpaired) electrons. The highest BCUT2D eigenvalue weighted by Crippen LogP contribution is 2.34. The predicted octanol–water partition coefficient (Wildman–Crippen LogP) is 5.02. The second-order valence-corrected chi connectivity index (χ2v) is 11.6. The standard InChI is InChI=1S/C31H44N4O3/c1-5-28(36)35(27-14-10-7-11-15-27)25-31(16-18-33(19-17-31)29(37)38-30(2,3)4)34-22-20-32(21-23-34)24-26-12-8-6-9-13-26/h6-15H,5,16-25H2,1-4H3. The first-order valence-corrected chi connectivity index (χ1v) is 14.0. The zero-order chi connectivity index (χ0) is 27.2. The maximum atomic E-state index is 13.2. The van der Waals surface area contributed by atoms with E-state index >= 15 is 0 Å². The van der Waals surface area contributed by atoms with Crippen molar-refractivity contribution in [2.45, 2.75) is 64.6 Å². The number of amides is 2. The molecule has 0 bridgehead atoms. The van der Waals surface area contributed by atoms with E-state index in [2.05, 4.69) is 40.1 Å². The number of likely N-dealkylation sites (tertiary alicyclic amines) is 1. The quantitative estimate of drug-likeness (QED) is 0.513. The van der Waals surface area contributed by atoms with E-state index in [1.807, 2.05) is 67.8 Å². The van der Waals surface area contributed by atoms with Crippen LogP contribution in [0, 0.1) is 0 Å². The summed E-state index contributed by atoms with van der Waals surface area (Å²) in [7, 11) is 0. The number of ether oxygens (including phenoxy) is 1. The Morgan fingerprint density at radius 1 is 0.868 bits per heavy atom. The van der Waals surface area contributed by atoms with E-state index < -0.39 is 5.60 Å². The zero-order valence-corrected chi connectivity index (χ0v) is 23.6. The molecule has 0 saturated carbocycles. The molecule has 0 aromatic heterocycles. The van der Waals surface area contributed by atoms with E-state index in [9.17, 15) is 9.59 Å². The van der Waals surface area contributed by atoms with E-state index in [1.54, 1.807) is 0 Å². The van der Waals surface area contributed by atoms with E-state index in [0.29, 0.717) is 26.1 Å². The first kappa shape index (κ1) is 28.1. The lowest BCUT2D eigenvalue weighted by atomic mass is 9.84. The van der Waals surface area contributed by atoms with Gasteiger partial charge in [-0.1, -0.05) is 55.5 Å². The number of piperidine rings is 1. The molecule has 0 atom stereocenters. The predicted molar refractivity (Wildman–Crippen MR) is 152 cm³/mol. The number of benzene rings is 2. The van der Waals surface area contributed by atoms with Gasteiger partial charge < -0.3 is 14.5 Å². The second kappa shape index (κ2) is 12.3. The van der Waals surface area contributed by atoms with Gasteiger partial charge in [-0.05, 0) is 51.3 Å². The van der Waals surface area contributed by atoms with Gasteiger partial charge in [0.05, 0.1) is 0 Å². The molecule has 0 unspecified atom stereocenters. The molecule has 2 saturated heterocycles. The van der Waals surface area contributed by atoms with Gasteiger partial charge in [-0.15, -0.1) is 0 Å². The van der Waals surface area contributed by atoms with Crippen molar-refractivity contribution >= 4 is 17.7 Å². The lowest BCUT2D eigenvalue weighted by Crippen LogP contribution is -2.65. The van der Waals surface area contributed by atoms with E-state index in [1.165, 1.54) is 5.56 Å². The number of nitrogens with zero attached hydrogens (tertiary/aromatic N) is 4. The highest BCUT2D eigenvalue weighted by molar-refractivity contribution is 5.93. The van der Waals surface area contributed by atoms with Gasteiger partial charge in [0.25, 0.3) is 0 Å². The van der Waals surface area contributed by atoms with Gasteiger partial charge in [0, 0.05) is 70.0 Å². The zero-order valence-electron chi connectivity index (χ0n) is 23.6. The second-order valence-electron chi connectivity index (χ2n) is 11.6.